The van der Waals surface area contributed by atoms with E-state index in [0.29, 0.717) is 6.04 Å². The Balaban J connectivity index is 2.33. The quantitative estimate of drug-likeness (QED) is 0.381. The van der Waals surface area contributed by atoms with Gasteiger partial charge in [-0.1, -0.05) is 0 Å². The third-order valence-electron chi connectivity index (χ3n) is 3.76. The molecule has 0 radical (unpaired) electrons. The van der Waals surface area contributed by atoms with E-state index in [4.69, 9.17) is 4.74 Å². The van der Waals surface area contributed by atoms with Crippen molar-refractivity contribution >= 4 is 5.96 Å². The first kappa shape index (κ1) is 18.2. The Hall–Kier alpha value is -0.850. The number of nitrogens with one attached hydrogen (secondary N) is 2. The van der Waals surface area contributed by atoms with Crippen molar-refractivity contribution in [2.75, 3.05) is 66.1 Å². The monoisotopic (exact) mass is 299 g/mol. The molecule has 1 rings (SSSR count). The Kier molecular flexibility index (Phi) is 9.37. The first-order chi connectivity index (χ1) is 10.2. The fourth-order valence-electron chi connectivity index (χ4n) is 2.33. The first-order valence-corrected chi connectivity index (χ1v) is 8.19. The molecule has 0 bridgehead atoms. The van der Waals surface area contributed by atoms with E-state index in [1.54, 1.807) is 0 Å². The maximum Gasteiger partial charge on any atom is 0.191 e. The lowest BCUT2D eigenvalue weighted by Crippen LogP contribution is -2.49. The van der Waals surface area contributed by atoms with Gasteiger partial charge in [-0.05, 0) is 27.8 Å². The molecule has 0 saturated carbocycles. The zero-order valence-electron chi connectivity index (χ0n) is 14.2. The van der Waals surface area contributed by atoms with Crippen LogP contribution in [0.1, 0.15) is 20.8 Å². The lowest BCUT2D eigenvalue weighted by Gasteiger charge is -2.35. The molecule has 0 aromatic carbocycles. The van der Waals surface area contributed by atoms with Gasteiger partial charge < -0.3 is 20.3 Å². The summed E-state index contributed by atoms with van der Waals surface area (Å²) < 4.78 is 5.33. The van der Waals surface area contributed by atoms with E-state index in [1.165, 1.54) is 0 Å². The molecule has 6 nitrogen and oxygen atoms in total. The minimum Gasteiger partial charge on any atom is -0.380 e. The summed E-state index contributed by atoms with van der Waals surface area (Å²) in [7, 11) is 2.19. The van der Waals surface area contributed by atoms with E-state index in [0.717, 1.165) is 65.0 Å². The molecule has 1 fully saturated rings. The maximum atomic E-state index is 5.33. The molecular formula is C15H33N5O. The van der Waals surface area contributed by atoms with Gasteiger partial charge in [0.1, 0.15) is 0 Å². The van der Waals surface area contributed by atoms with Gasteiger partial charge in [0.15, 0.2) is 5.96 Å². The second kappa shape index (κ2) is 10.8. The van der Waals surface area contributed by atoms with Gasteiger partial charge in [0.05, 0.1) is 13.2 Å². The van der Waals surface area contributed by atoms with Gasteiger partial charge in [0.2, 0.25) is 0 Å². The Bertz CT molecular complexity index is 290. The molecule has 0 aromatic rings. The molecule has 1 saturated heterocycles. The van der Waals surface area contributed by atoms with Gasteiger partial charge in [-0.2, -0.15) is 0 Å². The van der Waals surface area contributed by atoms with Crippen molar-refractivity contribution in [2.45, 2.75) is 26.8 Å². The summed E-state index contributed by atoms with van der Waals surface area (Å²) in [5, 5.41) is 6.59. The van der Waals surface area contributed by atoms with Crippen LogP contribution in [-0.2, 0) is 4.74 Å². The number of likely N-dealkylation sites (N-methyl/N-ethyl adjacent to an activating group) is 1. The highest BCUT2D eigenvalue weighted by molar-refractivity contribution is 5.79. The molecular weight excluding hydrogens is 266 g/mol. The third-order valence-corrected chi connectivity index (χ3v) is 3.76. The summed E-state index contributed by atoms with van der Waals surface area (Å²) in [4.78, 5) is 9.59. The van der Waals surface area contributed by atoms with Crippen molar-refractivity contribution in [3.05, 3.63) is 0 Å². The van der Waals surface area contributed by atoms with Gasteiger partial charge in [0.25, 0.3) is 0 Å². The normalized spacial score (nSPS) is 19.5. The summed E-state index contributed by atoms with van der Waals surface area (Å²) in [5.74, 6) is 0.887. The molecule has 6 heteroatoms. The number of nitrogens with zero attached hydrogens (tertiary/aromatic N) is 3. The van der Waals surface area contributed by atoms with Crippen LogP contribution >= 0.6 is 0 Å². The van der Waals surface area contributed by atoms with E-state index in [9.17, 15) is 0 Å². The topological polar surface area (TPSA) is 52.1 Å². The highest BCUT2D eigenvalue weighted by Crippen LogP contribution is 2.05. The second-order valence-electron chi connectivity index (χ2n) is 5.53. The third kappa shape index (κ3) is 7.64. The molecule has 1 heterocycles. The van der Waals surface area contributed by atoms with Gasteiger partial charge in [-0.15, -0.1) is 0 Å². The molecule has 0 spiro atoms. The van der Waals surface area contributed by atoms with Crippen molar-refractivity contribution in [2.24, 2.45) is 4.99 Å². The van der Waals surface area contributed by atoms with Crippen LogP contribution in [0.25, 0.3) is 0 Å². The van der Waals surface area contributed by atoms with Crippen molar-refractivity contribution < 1.29 is 4.74 Å². The van der Waals surface area contributed by atoms with Crippen LogP contribution in [0.3, 0.4) is 0 Å². The number of aliphatic imine (C=N–C) groups is 1. The van der Waals surface area contributed by atoms with Crippen LogP contribution in [0.5, 0.6) is 0 Å². The average Bonchev–Trinajstić information content (AvgIpc) is 2.49. The molecule has 1 aliphatic heterocycles. The summed E-state index contributed by atoms with van der Waals surface area (Å²) >= 11 is 0. The Morgan fingerprint density at radius 2 is 1.90 bits per heavy atom. The average molecular weight is 299 g/mol. The summed E-state index contributed by atoms with van der Waals surface area (Å²) in [6, 6.07) is 0.487. The SMILES string of the molecule is CCNC(=NCC(C)N1CCN(C)CC1)NCCOCC. The van der Waals surface area contributed by atoms with Crippen molar-refractivity contribution in [3.63, 3.8) is 0 Å². The molecule has 1 aliphatic rings. The van der Waals surface area contributed by atoms with E-state index in [-0.39, 0.29) is 0 Å². The number of ether oxygens (including phenoxy) is 1. The van der Waals surface area contributed by atoms with Gasteiger partial charge in [0, 0.05) is 51.9 Å². The lowest BCUT2D eigenvalue weighted by molar-refractivity contribution is 0.122. The van der Waals surface area contributed by atoms with Crippen LogP contribution in [0, 0.1) is 0 Å². The zero-order valence-corrected chi connectivity index (χ0v) is 14.2. The predicted molar refractivity (Wildman–Crippen MR) is 89.0 cm³/mol. The van der Waals surface area contributed by atoms with E-state index in [1.807, 2.05) is 6.92 Å². The molecule has 0 aliphatic carbocycles. The fraction of sp³-hybridized carbons (Fsp3) is 0.933. The Labute approximate surface area is 129 Å². The number of hydrogen-bond donors (Lipinski definition) is 2. The van der Waals surface area contributed by atoms with E-state index in [2.05, 4.69) is 46.3 Å². The van der Waals surface area contributed by atoms with E-state index >= 15 is 0 Å². The number of piperazine rings is 1. The van der Waals surface area contributed by atoms with Gasteiger partial charge in [-0.3, -0.25) is 9.89 Å². The zero-order chi connectivity index (χ0) is 15.5. The number of rotatable bonds is 8. The minimum absolute atomic E-state index is 0.487. The summed E-state index contributed by atoms with van der Waals surface area (Å²) in [6.07, 6.45) is 0. The van der Waals surface area contributed by atoms with Crippen LogP contribution in [0.4, 0.5) is 0 Å². The molecule has 1 atom stereocenters. The van der Waals surface area contributed by atoms with Gasteiger partial charge >= 0.3 is 0 Å². The minimum atomic E-state index is 0.487. The second-order valence-corrected chi connectivity index (χ2v) is 5.53. The van der Waals surface area contributed by atoms with Crippen LogP contribution in [0.15, 0.2) is 4.99 Å². The summed E-state index contributed by atoms with van der Waals surface area (Å²) in [6.45, 7) is 14.9. The Morgan fingerprint density at radius 1 is 1.19 bits per heavy atom. The predicted octanol–water partition coefficient (Wildman–Crippen LogP) is 0.214. The highest BCUT2D eigenvalue weighted by atomic mass is 16.5. The van der Waals surface area contributed by atoms with Gasteiger partial charge in [-0.25, -0.2) is 0 Å². The number of guanidine groups is 1. The Morgan fingerprint density at radius 3 is 2.52 bits per heavy atom. The van der Waals surface area contributed by atoms with Crippen molar-refractivity contribution in [3.8, 4) is 0 Å². The highest BCUT2D eigenvalue weighted by Gasteiger charge is 2.18. The molecule has 21 heavy (non-hydrogen) atoms. The van der Waals surface area contributed by atoms with Crippen LogP contribution in [-0.4, -0.2) is 87.9 Å². The number of hydrogen-bond acceptors (Lipinski definition) is 4. The van der Waals surface area contributed by atoms with Crippen LogP contribution in [0.2, 0.25) is 0 Å². The van der Waals surface area contributed by atoms with Crippen molar-refractivity contribution in [1.29, 1.82) is 0 Å². The molecule has 0 aromatic heterocycles. The molecule has 2 N–H and O–H groups in total. The summed E-state index contributed by atoms with van der Waals surface area (Å²) in [5.41, 5.74) is 0. The largest absolute Gasteiger partial charge is 0.380 e. The fourth-order valence-corrected chi connectivity index (χ4v) is 2.33. The van der Waals surface area contributed by atoms with Crippen molar-refractivity contribution in [1.82, 2.24) is 20.4 Å². The molecule has 1 unspecified atom stereocenters. The molecule has 0 amide bonds. The van der Waals surface area contributed by atoms with E-state index < -0.39 is 0 Å². The smallest absolute Gasteiger partial charge is 0.191 e. The van der Waals surface area contributed by atoms with Crippen LogP contribution < -0.4 is 10.6 Å². The molecule has 124 valence electrons. The standard InChI is InChI=1S/C15H33N5O/c1-5-16-15(17-7-12-21-6-2)18-13-14(3)20-10-8-19(4)9-11-20/h14H,5-13H2,1-4H3,(H2,16,17,18). The first-order valence-electron chi connectivity index (χ1n) is 8.19. The maximum absolute atomic E-state index is 5.33. The lowest BCUT2D eigenvalue weighted by atomic mass is 10.2.